The first-order valence-corrected chi connectivity index (χ1v) is 5.39. The molecule has 0 radical (unpaired) electrons. The second-order valence-electron chi connectivity index (χ2n) is 3.80. The van der Waals surface area contributed by atoms with Crippen LogP contribution in [0.3, 0.4) is 0 Å². The number of benzene rings is 1. The van der Waals surface area contributed by atoms with E-state index in [1.807, 2.05) is 14.0 Å². The van der Waals surface area contributed by atoms with Crippen molar-refractivity contribution < 1.29 is 9.90 Å². The Morgan fingerprint density at radius 1 is 1.41 bits per heavy atom. The zero-order chi connectivity index (χ0) is 12.6. The number of hydrogen-bond acceptors (Lipinski definition) is 2. The van der Waals surface area contributed by atoms with E-state index in [0.717, 1.165) is 16.8 Å². The van der Waals surface area contributed by atoms with Gasteiger partial charge in [0.2, 0.25) is 0 Å². The van der Waals surface area contributed by atoms with Crippen molar-refractivity contribution >= 4 is 17.6 Å². The van der Waals surface area contributed by atoms with E-state index in [1.54, 1.807) is 23.0 Å². The molecule has 0 aliphatic rings. The Morgan fingerprint density at radius 3 is 2.65 bits per heavy atom. The van der Waals surface area contributed by atoms with Crippen LogP contribution in [0.15, 0.2) is 24.4 Å². The van der Waals surface area contributed by atoms with Crippen molar-refractivity contribution in [3.8, 4) is 11.1 Å². The fourth-order valence-electron chi connectivity index (χ4n) is 1.65. The molecule has 0 fully saturated rings. The van der Waals surface area contributed by atoms with Crippen molar-refractivity contribution in [2.24, 2.45) is 7.05 Å². The van der Waals surface area contributed by atoms with Crippen molar-refractivity contribution in [2.75, 3.05) is 0 Å². The average molecular weight is 251 g/mol. The van der Waals surface area contributed by atoms with Crippen molar-refractivity contribution in [1.29, 1.82) is 0 Å². The number of aryl methyl sites for hydroxylation is 1. The van der Waals surface area contributed by atoms with Crippen LogP contribution in [0.1, 0.15) is 16.1 Å². The SMILES string of the molecule is Cc1c(-c2cc(Cl)cc(C(=O)O)c2)cnn1C. The molecule has 4 nitrogen and oxygen atoms in total. The van der Waals surface area contributed by atoms with Gasteiger partial charge >= 0.3 is 5.97 Å². The van der Waals surface area contributed by atoms with Crippen molar-refractivity contribution in [3.05, 3.63) is 40.7 Å². The highest BCUT2D eigenvalue weighted by Crippen LogP contribution is 2.27. The molecule has 1 N–H and O–H groups in total. The zero-order valence-corrected chi connectivity index (χ0v) is 10.2. The molecule has 0 bridgehead atoms. The molecule has 2 aromatic rings. The van der Waals surface area contributed by atoms with Gasteiger partial charge in [0.1, 0.15) is 0 Å². The number of nitrogens with zero attached hydrogens (tertiary/aromatic N) is 2. The van der Waals surface area contributed by atoms with Gasteiger partial charge in [0, 0.05) is 23.3 Å². The molecule has 88 valence electrons. The van der Waals surface area contributed by atoms with Crippen molar-refractivity contribution in [3.63, 3.8) is 0 Å². The number of carboxylic acid groups (broad SMARTS) is 1. The fourth-order valence-corrected chi connectivity index (χ4v) is 1.89. The molecule has 5 heteroatoms. The number of rotatable bonds is 2. The molecule has 0 atom stereocenters. The summed E-state index contributed by atoms with van der Waals surface area (Å²) in [5.41, 5.74) is 2.79. The summed E-state index contributed by atoms with van der Waals surface area (Å²) in [6, 6.07) is 4.76. The smallest absolute Gasteiger partial charge is 0.335 e. The molecule has 1 heterocycles. The molecule has 0 saturated carbocycles. The van der Waals surface area contributed by atoms with Crippen LogP contribution in [0.25, 0.3) is 11.1 Å². The molecule has 0 saturated heterocycles. The predicted molar refractivity (Wildman–Crippen MR) is 65.4 cm³/mol. The van der Waals surface area contributed by atoms with E-state index < -0.39 is 5.97 Å². The largest absolute Gasteiger partial charge is 0.478 e. The summed E-state index contributed by atoms with van der Waals surface area (Å²) in [4.78, 5) is 10.9. The van der Waals surface area contributed by atoms with E-state index in [0.29, 0.717) is 5.02 Å². The monoisotopic (exact) mass is 250 g/mol. The molecular weight excluding hydrogens is 240 g/mol. The lowest BCUT2D eigenvalue weighted by atomic mass is 10.0. The third-order valence-electron chi connectivity index (χ3n) is 2.69. The maximum atomic E-state index is 10.9. The molecule has 1 aromatic heterocycles. The summed E-state index contributed by atoms with van der Waals surface area (Å²) >= 11 is 5.91. The lowest BCUT2D eigenvalue weighted by molar-refractivity contribution is 0.0697. The topological polar surface area (TPSA) is 55.1 Å². The Morgan fingerprint density at radius 2 is 2.12 bits per heavy atom. The maximum Gasteiger partial charge on any atom is 0.335 e. The van der Waals surface area contributed by atoms with Crippen LogP contribution in [0.5, 0.6) is 0 Å². The summed E-state index contributed by atoms with van der Waals surface area (Å²) in [5.74, 6) is -0.990. The Labute approximate surface area is 103 Å². The first-order chi connectivity index (χ1) is 7.99. The first kappa shape index (κ1) is 11.7. The number of aromatic carboxylic acids is 1. The molecule has 17 heavy (non-hydrogen) atoms. The van der Waals surface area contributed by atoms with Gasteiger partial charge in [-0.15, -0.1) is 0 Å². The second-order valence-corrected chi connectivity index (χ2v) is 4.24. The lowest BCUT2D eigenvalue weighted by Crippen LogP contribution is -1.97. The van der Waals surface area contributed by atoms with Gasteiger partial charge in [-0.25, -0.2) is 4.79 Å². The van der Waals surface area contributed by atoms with Gasteiger partial charge in [-0.05, 0) is 30.7 Å². The van der Waals surface area contributed by atoms with Crippen LogP contribution in [0, 0.1) is 6.92 Å². The van der Waals surface area contributed by atoms with Crippen LogP contribution in [-0.4, -0.2) is 20.9 Å². The maximum absolute atomic E-state index is 10.9. The number of carboxylic acids is 1. The molecule has 0 spiro atoms. The molecule has 0 aliphatic carbocycles. The average Bonchev–Trinajstić information content (AvgIpc) is 2.59. The van der Waals surface area contributed by atoms with E-state index in [-0.39, 0.29) is 5.56 Å². The third kappa shape index (κ3) is 2.17. The van der Waals surface area contributed by atoms with E-state index >= 15 is 0 Å². The van der Waals surface area contributed by atoms with Crippen LogP contribution >= 0.6 is 11.6 Å². The minimum atomic E-state index is -0.990. The highest BCUT2D eigenvalue weighted by molar-refractivity contribution is 6.31. The highest BCUT2D eigenvalue weighted by Gasteiger charge is 2.11. The Kier molecular flexibility index (Phi) is 2.90. The molecular formula is C12H11ClN2O2. The first-order valence-electron chi connectivity index (χ1n) is 5.02. The van der Waals surface area contributed by atoms with Gasteiger partial charge in [-0.3, -0.25) is 4.68 Å². The van der Waals surface area contributed by atoms with Crippen molar-refractivity contribution in [2.45, 2.75) is 6.92 Å². The Balaban J connectivity index is 2.60. The highest BCUT2D eigenvalue weighted by atomic mass is 35.5. The standard InChI is InChI=1S/C12H11ClN2O2/c1-7-11(6-14-15(7)2)8-3-9(12(16)17)5-10(13)4-8/h3-6H,1-2H3,(H,16,17). The number of carbonyl (C=O) groups is 1. The van der Waals surface area contributed by atoms with Gasteiger partial charge in [0.15, 0.2) is 0 Å². The van der Waals surface area contributed by atoms with Gasteiger partial charge in [0.05, 0.1) is 11.8 Å². The van der Waals surface area contributed by atoms with Crippen molar-refractivity contribution in [1.82, 2.24) is 9.78 Å². The van der Waals surface area contributed by atoms with E-state index in [1.165, 1.54) is 6.07 Å². The quantitative estimate of drug-likeness (QED) is 0.892. The van der Waals surface area contributed by atoms with Crippen LogP contribution < -0.4 is 0 Å². The summed E-state index contributed by atoms with van der Waals surface area (Å²) in [5, 5.41) is 13.5. The van der Waals surface area contributed by atoms with Gasteiger partial charge in [-0.1, -0.05) is 11.6 Å². The summed E-state index contributed by atoms with van der Waals surface area (Å²) in [6.07, 6.45) is 1.70. The van der Waals surface area contributed by atoms with Gasteiger partial charge in [-0.2, -0.15) is 5.10 Å². The normalized spacial score (nSPS) is 10.5. The number of aromatic nitrogens is 2. The Hall–Kier alpha value is -1.81. The predicted octanol–water partition coefficient (Wildman–Crippen LogP) is 2.75. The molecule has 0 unspecified atom stereocenters. The van der Waals surface area contributed by atoms with E-state index in [2.05, 4.69) is 5.10 Å². The second kappa shape index (κ2) is 4.22. The molecule has 0 aliphatic heterocycles. The van der Waals surface area contributed by atoms with Gasteiger partial charge in [0.25, 0.3) is 0 Å². The molecule has 0 amide bonds. The minimum absolute atomic E-state index is 0.177. The minimum Gasteiger partial charge on any atom is -0.478 e. The molecule has 1 aromatic carbocycles. The summed E-state index contributed by atoms with van der Waals surface area (Å²) < 4.78 is 1.73. The summed E-state index contributed by atoms with van der Waals surface area (Å²) in [6.45, 7) is 1.92. The summed E-state index contributed by atoms with van der Waals surface area (Å²) in [7, 11) is 1.83. The van der Waals surface area contributed by atoms with Crippen LogP contribution in [0.4, 0.5) is 0 Å². The third-order valence-corrected chi connectivity index (χ3v) is 2.91. The van der Waals surface area contributed by atoms with E-state index in [9.17, 15) is 4.79 Å². The zero-order valence-electron chi connectivity index (χ0n) is 9.44. The Bertz CT molecular complexity index is 590. The number of halogens is 1. The van der Waals surface area contributed by atoms with Gasteiger partial charge < -0.3 is 5.11 Å². The fraction of sp³-hybridized carbons (Fsp3) is 0.167. The lowest BCUT2D eigenvalue weighted by Gasteiger charge is -2.04. The van der Waals surface area contributed by atoms with E-state index in [4.69, 9.17) is 16.7 Å². The molecule has 2 rings (SSSR count). The number of hydrogen-bond donors (Lipinski definition) is 1. The van der Waals surface area contributed by atoms with Crippen LogP contribution in [0.2, 0.25) is 5.02 Å². The van der Waals surface area contributed by atoms with Crippen LogP contribution in [-0.2, 0) is 7.05 Å².